The van der Waals surface area contributed by atoms with Crippen molar-refractivity contribution in [3.63, 3.8) is 0 Å². The molecule has 0 N–H and O–H groups in total. The Morgan fingerprint density at radius 2 is 1.75 bits per heavy atom. The first kappa shape index (κ1) is 12.8. The molecule has 0 saturated carbocycles. The van der Waals surface area contributed by atoms with Crippen molar-refractivity contribution in [3.05, 3.63) is 0 Å². The minimum atomic E-state index is -3.19. The van der Waals surface area contributed by atoms with Gasteiger partial charge in [-0.3, -0.25) is 0 Å². The zero-order valence-electron chi connectivity index (χ0n) is 9.44. The van der Waals surface area contributed by atoms with Crippen molar-refractivity contribution in [2.75, 3.05) is 25.0 Å². The lowest BCUT2D eigenvalue weighted by atomic mass is 10.2. The molecule has 0 spiro atoms. The van der Waals surface area contributed by atoms with Crippen LogP contribution in [0.4, 0.5) is 0 Å². The minimum Gasteiger partial charge on any atom is -0.195 e. The second kappa shape index (κ2) is 5.33. The normalized spacial score (nSPS) is 29.7. The van der Waals surface area contributed by atoms with Crippen molar-refractivity contribution >= 4 is 26.1 Å². The van der Waals surface area contributed by atoms with Gasteiger partial charge in [-0.05, 0) is 25.7 Å². The van der Waals surface area contributed by atoms with E-state index in [0.717, 1.165) is 37.4 Å². The monoisotopic (exact) mass is 310 g/mol. The van der Waals surface area contributed by atoms with Gasteiger partial charge in [-0.2, -0.15) is 17.0 Å². The highest BCUT2D eigenvalue weighted by Crippen LogP contribution is 2.26. The van der Waals surface area contributed by atoms with E-state index in [1.54, 1.807) is 8.61 Å². The second-order valence-electron chi connectivity index (χ2n) is 4.53. The third kappa shape index (κ3) is 2.44. The predicted molar refractivity (Wildman–Crippen MR) is 67.9 cm³/mol. The Kier molecular flexibility index (Phi) is 4.26. The van der Waals surface area contributed by atoms with Crippen LogP contribution in [0.15, 0.2) is 0 Å². The number of piperidine rings is 1. The maximum absolute atomic E-state index is 12.4. The van der Waals surface area contributed by atoms with Crippen molar-refractivity contribution < 1.29 is 8.42 Å². The van der Waals surface area contributed by atoms with E-state index in [4.69, 9.17) is 0 Å². The molecule has 2 saturated heterocycles. The number of hydrogen-bond donors (Lipinski definition) is 0. The molecule has 2 heterocycles. The summed E-state index contributed by atoms with van der Waals surface area (Å²) in [5.74, 6) is 0. The molecule has 2 rings (SSSR count). The first-order valence-electron chi connectivity index (χ1n) is 5.99. The van der Waals surface area contributed by atoms with E-state index in [2.05, 4.69) is 15.9 Å². The first-order chi connectivity index (χ1) is 7.66. The lowest BCUT2D eigenvalue weighted by Gasteiger charge is -2.32. The summed E-state index contributed by atoms with van der Waals surface area (Å²) in [5.41, 5.74) is 0. The fourth-order valence-electron chi connectivity index (χ4n) is 2.51. The number of nitrogens with zero attached hydrogens (tertiary/aromatic N) is 2. The molecule has 4 nitrogen and oxygen atoms in total. The first-order valence-corrected chi connectivity index (χ1v) is 8.51. The van der Waals surface area contributed by atoms with Crippen molar-refractivity contribution in [2.24, 2.45) is 0 Å². The van der Waals surface area contributed by atoms with E-state index in [0.29, 0.717) is 19.6 Å². The lowest BCUT2D eigenvalue weighted by Crippen LogP contribution is -2.48. The molecule has 0 amide bonds. The number of hydrogen-bond acceptors (Lipinski definition) is 2. The van der Waals surface area contributed by atoms with Crippen molar-refractivity contribution in [1.82, 2.24) is 8.61 Å². The van der Waals surface area contributed by atoms with E-state index in [1.807, 2.05) is 0 Å². The van der Waals surface area contributed by atoms with Crippen LogP contribution in [-0.2, 0) is 10.2 Å². The van der Waals surface area contributed by atoms with Crippen molar-refractivity contribution in [2.45, 2.75) is 38.1 Å². The van der Waals surface area contributed by atoms with Gasteiger partial charge in [0.15, 0.2) is 0 Å². The molecule has 0 aliphatic carbocycles. The molecule has 1 atom stereocenters. The van der Waals surface area contributed by atoms with Gasteiger partial charge in [0, 0.05) is 31.0 Å². The standard InChI is InChI=1S/C10H19BrN2O2S/c11-9-10-5-4-8-13(10)16(14,15)12-6-2-1-3-7-12/h10H,1-9H2. The molecule has 94 valence electrons. The molecule has 2 fully saturated rings. The number of alkyl halides is 1. The third-order valence-corrected chi connectivity index (χ3v) is 6.28. The average Bonchev–Trinajstić information content (AvgIpc) is 2.79. The smallest absolute Gasteiger partial charge is 0.195 e. The molecule has 0 aromatic rings. The lowest BCUT2D eigenvalue weighted by molar-refractivity contribution is 0.301. The predicted octanol–water partition coefficient (Wildman–Crippen LogP) is 1.58. The van der Waals surface area contributed by atoms with Crippen LogP contribution in [0.5, 0.6) is 0 Å². The Morgan fingerprint density at radius 1 is 1.06 bits per heavy atom. The molecule has 16 heavy (non-hydrogen) atoms. The van der Waals surface area contributed by atoms with E-state index < -0.39 is 10.2 Å². The van der Waals surface area contributed by atoms with Gasteiger partial charge >= 0.3 is 0 Å². The molecule has 1 unspecified atom stereocenters. The molecule has 0 radical (unpaired) electrons. The third-order valence-electron chi connectivity index (χ3n) is 3.44. The van der Waals surface area contributed by atoms with E-state index >= 15 is 0 Å². The van der Waals surface area contributed by atoms with Crippen LogP contribution in [-0.4, -0.2) is 48.0 Å². The second-order valence-corrected chi connectivity index (χ2v) is 7.06. The molecular formula is C10H19BrN2O2S. The highest BCUT2D eigenvalue weighted by molar-refractivity contribution is 9.09. The Morgan fingerprint density at radius 3 is 2.38 bits per heavy atom. The van der Waals surface area contributed by atoms with Gasteiger partial charge in [-0.25, -0.2) is 0 Å². The van der Waals surface area contributed by atoms with Crippen molar-refractivity contribution in [3.8, 4) is 0 Å². The molecule has 6 heteroatoms. The summed E-state index contributed by atoms with van der Waals surface area (Å²) < 4.78 is 28.1. The number of halogens is 1. The maximum atomic E-state index is 12.4. The number of rotatable bonds is 3. The van der Waals surface area contributed by atoms with Gasteiger partial charge < -0.3 is 0 Å². The van der Waals surface area contributed by atoms with Crippen LogP contribution < -0.4 is 0 Å². The fourth-order valence-corrected chi connectivity index (χ4v) is 5.31. The highest BCUT2D eigenvalue weighted by Gasteiger charge is 2.37. The van der Waals surface area contributed by atoms with Crippen LogP contribution >= 0.6 is 15.9 Å². The summed E-state index contributed by atoms with van der Waals surface area (Å²) in [6.45, 7) is 2.09. The Labute approximate surface area is 106 Å². The zero-order chi connectivity index (χ0) is 11.6. The van der Waals surface area contributed by atoms with E-state index in [1.165, 1.54) is 0 Å². The van der Waals surface area contributed by atoms with Crippen LogP contribution in [0.25, 0.3) is 0 Å². The summed E-state index contributed by atoms with van der Waals surface area (Å²) in [5, 5.41) is 0.750. The minimum absolute atomic E-state index is 0.159. The summed E-state index contributed by atoms with van der Waals surface area (Å²) in [6.07, 6.45) is 5.15. The van der Waals surface area contributed by atoms with Crippen molar-refractivity contribution in [1.29, 1.82) is 0 Å². The SMILES string of the molecule is O=S(=O)(N1CCCCC1)N1CCCC1CBr. The molecule has 2 aliphatic rings. The largest absolute Gasteiger partial charge is 0.282 e. The van der Waals surface area contributed by atoms with Crippen LogP contribution in [0.2, 0.25) is 0 Å². The van der Waals surface area contributed by atoms with Crippen LogP contribution in [0.1, 0.15) is 32.1 Å². The maximum Gasteiger partial charge on any atom is 0.282 e. The topological polar surface area (TPSA) is 40.6 Å². The average molecular weight is 311 g/mol. The van der Waals surface area contributed by atoms with Gasteiger partial charge in [0.2, 0.25) is 0 Å². The summed E-state index contributed by atoms with van der Waals surface area (Å²) in [6, 6.07) is 0.159. The summed E-state index contributed by atoms with van der Waals surface area (Å²) in [7, 11) is -3.19. The van der Waals surface area contributed by atoms with E-state index in [9.17, 15) is 8.42 Å². The fraction of sp³-hybridized carbons (Fsp3) is 1.00. The summed E-state index contributed by atoms with van der Waals surface area (Å²) in [4.78, 5) is 0. The van der Waals surface area contributed by atoms with Gasteiger partial charge in [-0.1, -0.05) is 22.4 Å². The Balaban J connectivity index is 2.11. The van der Waals surface area contributed by atoms with Crippen LogP contribution in [0.3, 0.4) is 0 Å². The highest BCUT2D eigenvalue weighted by atomic mass is 79.9. The van der Waals surface area contributed by atoms with Crippen LogP contribution in [0, 0.1) is 0 Å². The van der Waals surface area contributed by atoms with Gasteiger partial charge in [0.1, 0.15) is 0 Å². The Hall–Kier alpha value is 0.350. The summed E-state index contributed by atoms with van der Waals surface area (Å²) >= 11 is 3.41. The molecule has 0 aromatic heterocycles. The van der Waals surface area contributed by atoms with E-state index in [-0.39, 0.29) is 6.04 Å². The molecule has 2 aliphatic heterocycles. The molecule has 0 aromatic carbocycles. The molecular weight excluding hydrogens is 292 g/mol. The zero-order valence-corrected chi connectivity index (χ0v) is 11.8. The van der Waals surface area contributed by atoms with Gasteiger partial charge in [-0.15, -0.1) is 0 Å². The quantitative estimate of drug-likeness (QED) is 0.743. The van der Waals surface area contributed by atoms with Gasteiger partial charge in [0.05, 0.1) is 0 Å². The van der Waals surface area contributed by atoms with Gasteiger partial charge in [0.25, 0.3) is 10.2 Å². The molecule has 0 bridgehead atoms. The Bertz CT molecular complexity index is 328.